The van der Waals surface area contributed by atoms with Crippen LogP contribution in [-0.2, 0) is 9.53 Å². The van der Waals surface area contributed by atoms with Crippen molar-refractivity contribution in [2.24, 2.45) is 11.7 Å². The first kappa shape index (κ1) is 9.43. The smallest absolute Gasteiger partial charge is 0.220 e. The van der Waals surface area contributed by atoms with Crippen LogP contribution in [0.5, 0.6) is 0 Å². The highest BCUT2D eigenvalue weighted by Gasteiger charge is 2.11. The van der Waals surface area contributed by atoms with E-state index in [0.717, 1.165) is 12.8 Å². The highest BCUT2D eigenvalue weighted by Crippen LogP contribution is 2.06. The Kier molecular flexibility index (Phi) is 4.94. The molecule has 2 N–H and O–H groups in total. The van der Waals surface area contributed by atoms with Gasteiger partial charge in [-0.1, -0.05) is 6.92 Å². The quantitative estimate of drug-likeness (QED) is 0.613. The zero-order chi connectivity index (χ0) is 7.98. The van der Waals surface area contributed by atoms with E-state index in [1.807, 2.05) is 6.92 Å². The molecule has 0 rings (SSSR count). The van der Waals surface area contributed by atoms with Crippen molar-refractivity contribution in [2.45, 2.75) is 19.8 Å². The van der Waals surface area contributed by atoms with E-state index in [4.69, 9.17) is 10.5 Å². The lowest BCUT2D eigenvalue weighted by molar-refractivity contribution is -0.122. The van der Waals surface area contributed by atoms with Crippen LogP contribution in [0.1, 0.15) is 19.8 Å². The van der Waals surface area contributed by atoms with Crippen LogP contribution in [0.3, 0.4) is 0 Å². The second-order valence-electron chi connectivity index (χ2n) is 2.29. The van der Waals surface area contributed by atoms with Crippen LogP contribution in [-0.4, -0.2) is 19.6 Å². The van der Waals surface area contributed by atoms with E-state index in [1.165, 1.54) is 0 Å². The van der Waals surface area contributed by atoms with Gasteiger partial charge in [-0.3, -0.25) is 4.79 Å². The monoisotopic (exact) mass is 145 g/mol. The van der Waals surface area contributed by atoms with E-state index in [1.54, 1.807) is 7.11 Å². The van der Waals surface area contributed by atoms with Crippen LogP contribution in [0.25, 0.3) is 0 Å². The molecule has 0 aliphatic rings. The topological polar surface area (TPSA) is 52.3 Å². The number of primary amides is 1. The second kappa shape index (κ2) is 5.23. The normalized spacial score (nSPS) is 13.0. The number of ether oxygens (including phenoxy) is 1. The third-order valence-corrected chi connectivity index (χ3v) is 1.57. The summed E-state index contributed by atoms with van der Waals surface area (Å²) in [5.41, 5.74) is 5.09. The maximum atomic E-state index is 10.6. The fourth-order valence-electron chi connectivity index (χ4n) is 0.808. The Morgan fingerprint density at radius 1 is 1.70 bits per heavy atom. The molecule has 0 aliphatic heterocycles. The Balaban J connectivity index is 3.50. The molecule has 0 aromatic rings. The highest BCUT2D eigenvalue weighted by atomic mass is 16.5. The van der Waals surface area contributed by atoms with Gasteiger partial charge in [0.25, 0.3) is 0 Å². The molecule has 0 heterocycles. The Labute approximate surface area is 61.5 Å². The van der Waals surface area contributed by atoms with Gasteiger partial charge in [-0.2, -0.15) is 0 Å². The minimum absolute atomic E-state index is 0.0139. The van der Waals surface area contributed by atoms with E-state index in [-0.39, 0.29) is 11.8 Å². The summed E-state index contributed by atoms with van der Waals surface area (Å²) in [4.78, 5) is 10.6. The Morgan fingerprint density at radius 2 is 2.30 bits per heavy atom. The fraction of sp³-hybridized carbons (Fsp3) is 0.857. The summed E-state index contributed by atoms with van der Waals surface area (Å²) in [6.45, 7) is 2.56. The van der Waals surface area contributed by atoms with Crippen molar-refractivity contribution in [2.75, 3.05) is 13.7 Å². The molecule has 1 unspecified atom stereocenters. The minimum atomic E-state index is -0.223. The predicted molar refractivity (Wildman–Crippen MR) is 39.5 cm³/mol. The number of rotatable bonds is 5. The molecule has 3 nitrogen and oxygen atoms in total. The summed E-state index contributed by atoms with van der Waals surface area (Å²) < 4.78 is 4.82. The van der Waals surface area contributed by atoms with Gasteiger partial charge in [-0.15, -0.1) is 0 Å². The summed E-state index contributed by atoms with van der Waals surface area (Å²) in [6, 6.07) is 0. The molecule has 0 bridgehead atoms. The number of methoxy groups -OCH3 is 1. The second-order valence-corrected chi connectivity index (χ2v) is 2.29. The van der Waals surface area contributed by atoms with Gasteiger partial charge >= 0.3 is 0 Å². The van der Waals surface area contributed by atoms with Gasteiger partial charge in [0, 0.05) is 19.6 Å². The number of carbonyl (C=O) groups is 1. The summed E-state index contributed by atoms with van der Waals surface area (Å²) >= 11 is 0. The molecule has 0 radical (unpaired) electrons. The molecule has 1 atom stereocenters. The number of nitrogens with two attached hydrogens (primary N) is 1. The molecule has 0 saturated carbocycles. The van der Waals surface area contributed by atoms with Crippen LogP contribution < -0.4 is 5.73 Å². The van der Waals surface area contributed by atoms with Crippen LogP contribution in [0.2, 0.25) is 0 Å². The number of hydrogen-bond donors (Lipinski definition) is 1. The van der Waals surface area contributed by atoms with Crippen LogP contribution >= 0.6 is 0 Å². The predicted octanol–water partition coefficient (Wildman–Crippen LogP) is 0.534. The molecule has 3 heteroatoms. The maximum absolute atomic E-state index is 10.6. The Morgan fingerprint density at radius 3 is 2.60 bits per heavy atom. The highest BCUT2D eigenvalue weighted by molar-refractivity contribution is 5.76. The molecule has 60 valence electrons. The minimum Gasteiger partial charge on any atom is -0.385 e. The maximum Gasteiger partial charge on any atom is 0.220 e. The fourth-order valence-corrected chi connectivity index (χ4v) is 0.808. The molecule has 0 aliphatic carbocycles. The number of carbonyl (C=O) groups excluding carboxylic acids is 1. The summed E-state index contributed by atoms with van der Waals surface area (Å²) in [6.07, 6.45) is 1.54. The zero-order valence-electron chi connectivity index (χ0n) is 6.59. The third kappa shape index (κ3) is 3.45. The molecule has 0 aromatic heterocycles. The van der Waals surface area contributed by atoms with Crippen LogP contribution in [0, 0.1) is 5.92 Å². The summed E-state index contributed by atoms with van der Waals surface area (Å²) in [5.74, 6) is -0.237. The molecule has 10 heavy (non-hydrogen) atoms. The van der Waals surface area contributed by atoms with Crippen molar-refractivity contribution in [3.05, 3.63) is 0 Å². The molecule has 0 spiro atoms. The van der Waals surface area contributed by atoms with E-state index >= 15 is 0 Å². The van der Waals surface area contributed by atoms with Crippen molar-refractivity contribution in [1.29, 1.82) is 0 Å². The average Bonchev–Trinajstić information content (AvgIpc) is 1.89. The van der Waals surface area contributed by atoms with Crippen molar-refractivity contribution in [3.8, 4) is 0 Å². The molecule has 0 aromatic carbocycles. The van der Waals surface area contributed by atoms with Crippen LogP contribution in [0.15, 0.2) is 0 Å². The largest absolute Gasteiger partial charge is 0.385 e. The first-order valence-electron chi connectivity index (χ1n) is 3.50. The van der Waals surface area contributed by atoms with Gasteiger partial charge in [-0.05, 0) is 12.8 Å². The van der Waals surface area contributed by atoms with Gasteiger partial charge in [0.05, 0.1) is 0 Å². The lowest BCUT2D eigenvalue weighted by atomic mass is 10.0. The van der Waals surface area contributed by atoms with Crippen molar-refractivity contribution in [1.82, 2.24) is 0 Å². The van der Waals surface area contributed by atoms with Crippen molar-refractivity contribution >= 4 is 5.91 Å². The van der Waals surface area contributed by atoms with E-state index in [9.17, 15) is 4.79 Å². The van der Waals surface area contributed by atoms with Gasteiger partial charge in [0.2, 0.25) is 5.91 Å². The first-order chi connectivity index (χ1) is 4.72. The summed E-state index contributed by atoms with van der Waals surface area (Å²) in [7, 11) is 1.62. The van der Waals surface area contributed by atoms with E-state index < -0.39 is 0 Å². The number of hydrogen-bond acceptors (Lipinski definition) is 2. The van der Waals surface area contributed by atoms with Gasteiger partial charge in [-0.25, -0.2) is 0 Å². The lowest BCUT2D eigenvalue weighted by Gasteiger charge is -2.08. The lowest BCUT2D eigenvalue weighted by Crippen LogP contribution is -2.23. The SMILES string of the molecule is CCC(CCOC)C(N)=O. The Hall–Kier alpha value is -0.570. The molecule has 0 saturated heterocycles. The standard InChI is InChI=1S/C7H15NO2/c1-3-6(7(8)9)4-5-10-2/h6H,3-5H2,1-2H3,(H2,8,9). The molecular formula is C7H15NO2. The summed E-state index contributed by atoms with van der Waals surface area (Å²) in [5, 5.41) is 0. The average molecular weight is 145 g/mol. The molecule has 0 fully saturated rings. The third-order valence-electron chi connectivity index (χ3n) is 1.57. The van der Waals surface area contributed by atoms with E-state index in [0.29, 0.717) is 6.61 Å². The van der Waals surface area contributed by atoms with E-state index in [2.05, 4.69) is 0 Å². The Bertz CT molecular complexity index is 104. The van der Waals surface area contributed by atoms with Crippen molar-refractivity contribution in [3.63, 3.8) is 0 Å². The first-order valence-corrected chi connectivity index (χ1v) is 3.50. The van der Waals surface area contributed by atoms with Crippen LogP contribution in [0.4, 0.5) is 0 Å². The number of amides is 1. The van der Waals surface area contributed by atoms with Gasteiger partial charge in [0.15, 0.2) is 0 Å². The zero-order valence-corrected chi connectivity index (χ0v) is 6.59. The van der Waals surface area contributed by atoms with Gasteiger partial charge < -0.3 is 10.5 Å². The molecule has 1 amide bonds. The van der Waals surface area contributed by atoms with Crippen molar-refractivity contribution < 1.29 is 9.53 Å². The van der Waals surface area contributed by atoms with Gasteiger partial charge in [0.1, 0.15) is 0 Å². The molecular weight excluding hydrogens is 130 g/mol.